The van der Waals surface area contributed by atoms with E-state index in [0.29, 0.717) is 24.9 Å². The standard InChI is InChI=1S/C9H14N4O3/c1-6-12-8(13-16-6)5-11-9(14)7-4-10-2-3-15-7/h7,10H,2-5H2,1H3,(H,11,14). The van der Waals surface area contributed by atoms with Crippen LogP contribution in [-0.2, 0) is 16.1 Å². The summed E-state index contributed by atoms with van der Waals surface area (Å²) in [6.07, 6.45) is -0.429. The van der Waals surface area contributed by atoms with Gasteiger partial charge in [0.1, 0.15) is 6.10 Å². The van der Waals surface area contributed by atoms with Crippen LogP contribution in [0.1, 0.15) is 11.7 Å². The quantitative estimate of drug-likeness (QED) is 0.686. The van der Waals surface area contributed by atoms with Gasteiger partial charge in [-0.25, -0.2) is 0 Å². The molecule has 16 heavy (non-hydrogen) atoms. The Hall–Kier alpha value is -1.47. The third-order valence-corrected chi connectivity index (χ3v) is 2.21. The van der Waals surface area contributed by atoms with Crippen LogP contribution in [-0.4, -0.2) is 41.8 Å². The Morgan fingerprint density at radius 3 is 3.19 bits per heavy atom. The molecule has 2 N–H and O–H groups in total. The van der Waals surface area contributed by atoms with Crippen molar-refractivity contribution in [2.45, 2.75) is 19.6 Å². The van der Waals surface area contributed by atoms with Crippen LogP contribution in [0.3, 0.4) is 0 Å². The van der Waals surface area contributed by atoms with Crippen LogP contribution >= 0.6 is 0 Å². The summed E-state index contributed by atoms with van der Waals surface area (Å²) < 4.78 is 10.1. The van der Waals surface area contributed by atoms with Crippen LogP contribution in [0.15, 0.2) is 4.52 Å². The van der Waals surface area contributed by atoms with Crippen LogP contribution in [0.4, 0.5) is 0 Å². The van der Waals surface area contributed by atoms with Gasteiger partial charge in [0.15, 0.2) is 5.82 Å². The highest BCUT2D eigenvalue weighted by Gasteiger charge is 2.21. The summed E-state index contributed by atoms with van der Waals surface area (Å²) in [7, 11) is 0. The number of morpholine rings is 1. The van der Waals surface area contributed by atoms with Crippen LogP contribution in [0, 0.1) is 6.92 Å². The Morgan fingerprint density at radius 1 is 1.69 bits per heavy atom. The van der Waals surface area contributed by atoms with Crippen molar-refractivity contribution < 1.29 is 14.1 Å². The molecule has 1 atom stereocenters. The van der Waals surface area contributed by atoms with Gasteiger partial charge in [-0.05, 0) is 0 Å². The fourth-order valence-corrected chi connectivity index (χ4v) is 1.43. The number of aromatic nitrogens is 2. The smallest absolute Gasteiger partial charge is 0.250 e. The zero-order valence-electron chi connectivity index (χ0n) is 9.02. The van der Waals surface area contributed by atoms with Crippen LogP contribution in [0.5, 0.6) is 0 Å². The Balaban J connectivity index is 1.78. The van der Waals surface area contributed by atoms with E-state index in [4.69, 9.17) is 9.26 Å². The third kappa shape index (κ3) is 2.77. The van der Waals surface area contributed by atoms with E-state index in [1.54, 1.807) is 6.92 Å². The molecule has 1 amide bonds. The van der Waals surface area contributed by atoms with Gasteiger partial charge in [0.05, 0.1) is 13.2 Å². The summed E-state index contributed by atoms with van der Waals surface area (Å²) in [6, 6.07) is 0. The summed E-state index contributed by atoms with van der Waals surface area (Å²) in [4.78, 5) is 15.6. The highest BCUT2D eigenvalue weighted by Crippen LogP contribution is 1.98. The average Bonchev–Trinajstić information content (AvgIpc) is 2.73. The lowest BCUT2D eigenvalue weighted by Gasteiger charge is -2.22. The van der Waals surface area contributed by atoms with Gasteiger partial charge in [-0.15, -0.1) is 0 Å². The van der Waals surface area contributed by atoms with Crippen molar-refractivity contribution in [1.82, 2.24) is 20.8 Å². The van der Waals surface area contributed by atoms with Gasteiger partial charge in [0, 0.05) is 20.0 Å². The number of ether oxygens (including phenoxy) is 1. The van der Waals surface area contributed by atoms with E-state index in [-0.39, 0.29) is 12.5 Å². The number of nitrogens with zero attached hydrogens (tertiary/aromatic N) is 2. The second-order valence-electron chi connectivity index (χ2n) is 3.51. The molecule has 0 saturated carbocycles. The molecular weight excluding hydrogens is 212 g/mol. The van der Waals surface area contributed by atoms with Crippen LogP contribution in [0.2, 0.25) is 0 Å². The lowest BCUT2D eigenvalue weighted by molar-refractivity contribution is -0.134. The SMILES string of the molecule is Cc1nc(CNC(=O)C2CNCCO2)no1. The number of hydrogen-bond acceptors (Lipinski definition) is 6. The Morgan fingerprint density at radius 2 is 2.56 bits per heavy atom. The van der Waals surface area contributed by atoms with Crippen molar-refractivity contribution in [2.24, 2.45) is 0 Å². The lowest BCUT2D eigenvalue weighted by Crippen LogP contribution is -2.47. The number of carbonyl (C=O) groups excluding carboxylic acids is 1. The summed E-state index contributed by atoms with van der Waals surface area (Å²) in [5.74, 6) is 0.795. The normalized spacial score (nSPS) is 20.7. The van der Waals surface area contributed by atoms with Crippen LogP contribution in [0.25, 0.3) is 0 Å². The molecule has 0 bridgehead atoms. The van der Waals surface area contributed by atoms with Gasteiger partial charge >= 0.3 is 0 Å². The molecule has 1 aliphatic heterocycles. The summed E-state index contributed by atoms with van der Waals surface area (Å²) in [5.41, 5.74) is 0. The Bertz CT molecular complexity index is 359. The van der Waals surface area contributed by atoms with Crippen molar-refractivity contribution >= 4 is 5.91 Å². The molecule has 0 aliphatic carbocycles. The molecule has 2 rings (SSSR count). The summed E-state index contributed by atoms with van der Waals surface area (Å²) >= 11 is 0. The van der Waals surface area contributed by atoms with E-state index in [9.17, 15) is 4.79 Å². The van der Waals surface area contributed by atoms with Crippen molar-refractivity contribution in [1.29, 1.82) is 0 Å². The molecule has 2 heterocycles. The molecule has 1 unspecified atom stereocenters. The fraction of sp³-hybridized carbons (Fsp3) is 0.667. The summed E-state index contributed by atoms with van der Waals surface area (Å²) in [5, 5.41) is 9.45. The fourth-order valence-electron chi connectivity index (χ4n) is 1.43. The maximum Gasteiger partial charge on any atom is 0.250 e. The van der Waals surface area contributed by atoms with Crippen molar-refractivity contribution in [3.63, 3.8) is 0 Å². The molecule has 0 radical (unpaired) electrons. The van der Waals surface area contributed by atoms with E-state index in [0.717, 1.165) is 6.54 Å². The first-order valence-corrected chi connectivity index (χ1v) is 5.15. The molecule has 1 aromatic rings. The van der Waals surface area contributed by atoms with Crippen molar-refractivity contribution in [2.75, 3.05) is 19.7 Å². The van der Waals surface area contributed by atoms with Gasteiger partial charge in [0.2, 0.25) is 5.89 Å². The van der Waals surface area contributed by atoms with Crippen molar-refractivity contribution in [3.8, 4) is 0 Å². The van der Waals surface area contributed by atoms with E-state index in [1.807, 2.05) is 0 Å². The molecule has 7 nitrogen and oxygen atoms in total. The number of rotatable bonds is 3. The predicted molar refractivity (Wildman–Crippen MR) is 53.5 cm³/mol. The molecule has 1 saturated heterocycles. The Labute approximate surface area is 92.5 Å². The van der Waals surface area contributed by atoms with E-state index >= 15 is 0 Å². The van der Waals surface area contributed by atoms with E-state index < -0.39 is 6.10 Å². The number of carbonyl (C=O) groups is 1. The largest absolute Gasteiger partial charge is 0.366 e. The van der Waals surface area contributed by atoms with E-state index in [1.165, 1.54) is 0 Å². The minimum Gasteiger partial charge on any atom is -0.366 e. The first kappa shape index (κ1) is 11.0. The van der Waals surface area contributed by atoms with Gasteiger partial charge in [-0.3, -0.25) is 4.79 Å². The first-order chi connectivity index (χ1) is 7.75. The van der Waals surface area contributed by atoms with Gasteiger partial charge in [-0.2, -0.15) is 4.98 Å². The predicted octanol–water partition coefficient (Wildman–Crippen LogP) is -1.02. The zero-order chi connectivity index (χ0) is 11.4. The molecule has 1 aromatic heterocycles. The minimum absolute atomic E-state index is 0.158. The average molecular weight is 226 g/mol. The number of nitrogens with one attached hydrogen (secondary N) is 2. The molecule has 0 aromatic carbocycles. The number of aryl methyl sites for hydroxylation is 1. The lowest BCUT2D eigenvalue weighted by atomic mass is 10.3. The Kier molecular flexibility index (Phi) is 3.47. The molecule has 7 heteroatoms. The summed E-state index contributed by atoms with van der Waals surface area (Å²) in [6.45, 7) is 3.84. The van der Waals surface area contributed by atoms with E-state index in [2.05, 4.69) is 20.8 Å². The number of hydrogen-bond donors (Lipinski definition) is 2. The topological polar surface area (TPSA) is 89.3 Å². The molecular formula is C9H14N4O3. The first-order valence-electron chi connectivity index (χ1n) is 5.15. The third-order valence-electron chi connectivity index (χ3n) is 2.21. The van der Waals surface area contributed by atoms with Crippen molar-refractivity contribution in [3.05, 3.63) is 11.7 Å². The van der Waals surface area contributed by atoms with Gasteiger partial charge in [0.25, 0.3) is 5.91 Å². The highest BCUT2D eigenvalue weighted by molar-refractivity contribution is 5.81. The van der Waals surface area contributed by atoms with Crippen LogP contribution < -0.4 is 10.6 Å². The zero-order valence-corrected chi connectivity index (χ0v) is 9.02. The maximum absolute atomic E-state index is 11.6. The molecule has 0 spiro atoms. The van der Waals surface area contributed by atoms with Gasteiger partial charge < -0.3 is 19.9 Å². The monoisotopic (exact) mass is 226 g/mol. The molecule has 88 valence electrons. The molecule has 1 fully saturated rings. The second kappa shape index (κ2) is 5.04. The second-order valence-corrected chi connectivity index (χ2v) is 3.51. The highest BCUT2D eigenvalue weighted by atomic mass is 16.5. The maximum atomic E-state index is 11.6. The van der Waals surface area contributed by atoms with Gasteiger partial charge in [-0.1, -0.05) is 5.16 Å². The number of amides is 1. The molecule has 1 aliphatic rings. The minimum atomic E-state index is -0.429.